The first-order valence-corrected chi connectivity index (χ1v) is 10.8. The van der Waals surface area contributed by atoms with E-state index in [1.807, 2.05) is 60.7 Å². The second-order valence-electron chi connectivity index (χ2n) is 7.87. The van der Waals surface area contributed by atoms with E-state index in [1.54, 1.807) is 30.3 Å². The molecule has 1 heterocycles. The number of ether oxygens (including phenoxy) is 1. The summed E-state index contributed by atoms with van der Waals surface area (Å²) in [6.07, 6.45) is 0. The minimum Gasteiger partial charge on any atom is -0.508 e. The van der Waals surface area contributed by atoms with Gasteiger partial charge in [0.25, 0.3) is 5.91 Å². The second kappa shape index (κ2) is 9.11. The van der Waals surface area contributed by atoms with Crippen molar-refractivity contribution in [3.8, 4) is 11.5 Å². The van der Waals surface area contributed by atoms with Crippen molar-refractivity contribution >= 4 is 27.6 Å². The molecular formula is C28H21NO5. The van der Waals surface area contributed by atoms with Gasteiger partial charge in [0.1, 0.15) is 17.1 Å². The van der Waals surface area contributed by atoms with Crippen LogP contribution in [0.1, 0.15) is 17.2 Å². The van der Waals surface area contributed by atoms with Gasteiger partial charge >= 0.3 is 5.63 Å². The lowest BCUT2D eigenvalue weighted by atomic mass is 9.92. The fourth-order valence-electron chi connectivity index (χ4n) is 4.04. The molecule has 1 aromatic heterocycles. The highest BCUT2D eigenvalue weighted by molar-refractivity contribution is 5.89. The first-order valence-electron chi connectivity index (χ1n) is 10.8. The number of carbonyl (C=O) groups excluding carboxylic acids is 1. The Kier molecular flexibility index (Phi) is 5.70. The molecule has 0 saturated heterocycles. The van der Waals surface area contributed by atoms with E-state index < -0.39 is 11.7 Å². The number of fused-ring (bicyclic) bond motifs is 2. The highest BCUT2D eigenvalue weighted by atomic mass is 16.5. The molecule has 5 aromatic rings. The van der Waals surface area contributed by atoms with Crippen molar-refractivity contribution in [3.63, 3.8) is 0 Å². The number of phenolic OH excluding ortho intramolecular Hbond substituents is 1. The fourth-order valence-corrected chi connectivity index (χ4v) is 4.04. The SMILES string of the molecule is O=C(COc1ccc2ccc(=O)oc2c1)NC(c1ccccc1)c1c(O)ccc2ccccc12. The van der Waals surface area contributed by atoms with E-state index in [1.165, 1.54) is 6.07 Å². The van der Waals surface area contributed by atoms with E-state index in [2.05, 4.69) is 5.32 Å². The molecule has 0 bridgehead atoms. The maximum Gasteiger partial charge on any atom is 0.336 e. The van der Waals surface area contributed by atoms with E-state index in [9.17, 15) is 14.7 Å². The van der Waals surface area contributed by atoms with Crippen molar-refractivity contribution in [1.82, 2.24) is 5.32 Å². The summed E-state index contributed by atoms with van der Waals surface area (Å²) in [5.74, 6) is 0.135. The van der Waals surface area contributed by atoms with Gasteiger partial charge < -0.3 is 19.6 Å². The summed E-state index contributed by atoms with van der Waals surface area (Å²) in [4.78, 5) is 24.4. The standard InChI is InChI=1S/C28H21NO5/c30-23-14-11-18-6-4-5-9-22(18)27(23)28(20-7-2-1-3-8-20)29-25(31)17-33-21-13-10-19-12-15-26(32)34-24(19)16-21/h1-16,28,30H,17H2,(H,29,31). The molecule has 0 spiro atoms. The van der Waals surface area contributed by atoms with Gasteiger partial charge in [0.05, 0.1) is 6.04 Å². The Balaban J connectivity index is 1.42. The van der Waals surface area contributed by atoms with Crippen molar-refractivity contribution < 1.29 is 19.1 Å². The Labute approximate surface area is 195 Å². The van der Waals surface area contributed by atoms with Gasteiger partial charge in [0.15, 0.2) is 6.61 Å². The second-order valence-corrected chi connectivity index (χ2v) is 7.87. The number of nitrogens with one attached hydrogen (secondary N) is 1. The molecule has 1 unspecified atom stereocenters. The summed E-state index contributed by atoms with van der Waals surface area (Å²) in [5, 5.41) is 16.3. The average Bonchev–Trinajstić information content (AvgIpc) is 2.86. The molecular weight excluding hydrogens is 430 g/mol. The van der Waals surface area contributed by atoms with Crippen LogP contribution in [0.4, 0.5) is 0 Å². The van der Waals surface area contributed by atoms with Crippen LogP contribution >= 0.6 is 0 Å². The molecule has 168 valence electrons. The quantitative estimate of drug-likeness (QED) is 0.357. The normalized spacial score (nSPS) is 11.9. The van der Waals surface area contributed by atoms with Crippen LogP contribution < -0.4 is 15.7 Å². The number of phenols is 1. The van der Waals surface area contributed by atoms with Crippen molar-refractivity contribution in [2.45, 2.75) is 6.04 Å². The van der Waals surface area contributed by atoms with Crippen molar-refractivity contribution in [3.05, 3.63) is 119 Å². The number of amides is 1. The predicted octanol–water partition coefficient (Wildman–Crippen LogP) is 4.94. The minimum absolute atomic E-state index is 0.0957. The van der Waals surface area contributed by atoms with Gasteiger partial charge in [0, 0.05) is 23.1 Å². The van der Waals surface area contributed by atoms with Gasteiger partial charge in [-0.25, -0.2) is 4.79 Å². The number of aromatic hydroxyl groups is 1. The smallest absolute Gasteiger partial charge is 0.336 e. The molecule has 1 atom stereocenters. The van der Waals surface area contributed by atoms with Gasteiger partial charge in [-0.05, 0) is 40.6 Å². The first kappa shape index (κ1) is 21.3. The number of hydrogen-bond acceptors (Lipinski definition) is 5. The molecule has 0 aliphatic heterocycles. The Morgan fingerprint density at radius 1 is 0.882 bits per heavy atom. The number of benzene rings is 4. The summed E-state index contributed by atoms with van der Waals surface area (Å²) < 4.78 is 10.8. The average molecular weight is 451 g/mol. The van der Waals surface area contributed by atoms with Crippen molar-refractivity contribution in [2.75, 3.05) is 6.61 Å². The van der Waals surface area contributed by atoms with E-state index in [0.717, 1.165) is 21.7 Å². The monoisotopic (exact) mass is 451 g/mol. The molecule has 0 aliphatic carbocycles. The van der Waals surface area contributed by atoms with Gasteiger partial charge in [-0.3, -0.25) is 4.79 Å². The largest absolute Gasteiger partial charge is 0.508 e. The molecule has 4 aromatic carbocycles. The highest BCUT2D eigenvalue weighted by Crippen LogP contribution is 2.35. The lowest BCUT2D eigenvalue weighted by Crippen LogP contribution is -2.33. The summed E-state index contributed by atoms with van der Waals surface area (Å²) in [5.41, 5.74) is 1.37. The van der Waals surface area contributed by atoms with Gasteiger partial charge in [0.2, 0.25) is 0 Å². The van der Waals surface area contributed by atoms with E-state index in [4.69, 9.17) is 9.15 Å². The van der Waals surface area contributed by atoms with E-state index in [-0.39, 0.29) is 18.3 Å². The van der Waals surface area contributed by atoms with Crippen LogP contribution in [0.2, 0.25) is 0 Å². The number of carbonyl (C=O) groups is 1. The Bertz CT molecular complexity index is 1540. The van der Waals surface area contributed by atoms with Gasteiger partial charge in [-0.2, -0.15) is 0 Å². The summed E-state index contributed by atoms with van der Waals surface area (Å²) >= 11 is 0. The molecule has 0 saturated carbocycles. The maximum atomic E-state index is 12.9. The lowest BCUT2D eigenvalue weighted by Gasteiger charge is -2.22. The van der Waals surface area contributed by atoms with Crippen LogP contribution in [-0.2, 0) is 4.79 Å². The minimum atomic E-state index is -0.585. The summed E-state index contributed by atoms with van der Waals surface area (Å²) in [6, 6.07) is 28.1. The van der Waals surface area contributed by atoms with E-state index >= 15 is 0 Å². The molecule has 6 nitrogen and oxygen atoms in total. The maximum absolute atomic E-state index is 12.9. The van der Waals surface area contributed by atoms with Crippen LogP contribution in [0.3, 0.4) is 0 Å². The van der Waals surface area contributed by atoms with Crippen molar-refractivity contribution in [1.29, 1.82) is 0 Å². The molecule has 34 heavy (non-hydrogen) atoms. The van der Waals surface area contributed by atoms with Gasteiger partial charge in [-0.1, -0.05) is 60.7 Å². The van der Waals surface area contributed by atoms with Gasteiger partial charge in [-0.15, -0.1) is 0 Å². The fraction of sp³-hybridized carbons (Fsp3) is 0.0714. The zero-order chi connectivity index (χ0) is 23.5. The van der Waals surface area contributed by atoms with Crippen LogP contribution in [0.25, 0.3) is 21.7 Å². The topological polar surface area (TPSA) is 88.8 Å². The highest BCUT2D eigenvalue weighted by Gasteiger charge is 2.22. The third kappa shape index (κ3) is 4.34. The molecule has 0 aliphatic rings. The molecule has 5 rings (SSSR count). The zero-order valence-corrected chi connectivity index (χ0v) is 18.1. The lowest BCUT2D eigenvalue weighted by molar-refractivity contribution is -0.123. The Morgan fingerprint density at radius 3 is 2.47 bits per heavy atom. The third-order valence-electron chi connectivity index (χ3n) is 5.64. The summed E-state index contributed by atoms with van der Waals surface area (Å²) in [6.45, 7) is -0.253. The molecule has 0 radical (unpaired) electrons. The Hall–Kier alpha value is -4.58. The molecule has 2 N–H and O–H groups in total. The Morgan fingerprint density at radius 2 is 1.62 bits per heavy atom. The number of rotatable bonds is 6. The molecule has 6 heteroatoms. The van der Waals surface area contributed by atoms with Crippen LogP contribution in [0.15, 0.2) is 106 Å². The summed E-state index contributed by atoms with van der Waals surface area (Å²) in [7, 11) is 0. The van der Waals surface area contributed by atoms with Crippen molar-refractivity contribution in [2.24, 2.45) is 0 Å². The predicted molar refractivity (Wildman–Crippen MR) is 130 cm³/mol. The molecule has 1 amide bonds. The first-order chi connectivity index (χ1) is 16.6. The third-order valence-corrected chi connectivity index (χ3v) is 5.64. The molecule has 0 fully saturated rings. The number of hydrogen-bond donors (Lipinski definition) is 2. The van der Waals surface area contributed by atoms with E-state index in [0.29, 0.717) is 16.9 Å². The zero-order valence-electron chi connectivity index (χ0n) is 18.1. The van der Waals surface area contributed by atoms with Crippen LogP contribution in [-0.4, -0.2) is 17.6 Å². The van der Waals surface area contributed by atoms with Crippen LogP contribution in [0.5, 0.6) is 11.5 Å². The van der Waals surface area contributed by atoms with Crippen LogP contribution in [0, 0.1) is 0 Å².